The summed E-state index contributed by atoms with van der Waals surface area (Å²) in [4.78, 5) is 12.6. The Morgan fingerprint density at radius 1 is 1.19 bits per heavy atom. The lowest BCUT2D eigenvalue weighted by molar-refractivity contribution is -0.111. The molecule has 0 saturated carbocycles. The van der Waals surface area contributed by atoms with E-state index in [1.54, 1.807) is 12.3 Å². The van der Waals surface area contributed by atoms with Gasteiger partial charge in [-0.1, -0.05) is 12.1 Å². The third kappa shape index (κ3) is 3.90. The lowest BCUT2D eigenvalue weighted by atomic mass is 10.0. The van der Waals surface area contributed by atoms with E-state index in [0.717, 1.165) is 44.5 Å². The van der Waals surface area contributed by atoms with Gasteiger partial charge in [0.2, 0.25) is 5.91 Å². The Morgan fingerprint density at radius 2 is 1.96 bits per heavy atom. The van der Waals surface area contributed by atoms with Gasteiger partial charge >= 0.3 is 0 Å². The van der Waals surface area contributed by atoms with Gasteiger partial charge in [0.1, 0.15) is 11.3 Å². The molecule has 0 fully saturated rings. The van der Waals surface area contributed by atoms with E-state index in [2.05, 4.69) is 5.32 Å². The van der Waals surface area contributed by atoms with Crippen molar-refractivity contribution in [1.82, 2.24) is 0 Å². The number of rotatable bonds is 5. The standard InChI is InChI=1S/C23H25NO3/c1-6-26-21-12-22-19(16(4)13-27-22)11-18(21)15(3)10-23(25)24-20-9-7-8-14(2)17(20)5/h7-13H,6H2,1-5H3,(H,24,25)/b15-10+. The predicted molar refractivity (Wildman–Crippen MR) is 110 cm³/mol. The third-order valence-electron chi connectivity index (χ3n) is 4.80. The Hall–Kier alpha value is -3.01. The number of anilines is 1. The number of hydrogen-bond donors (Lipinski definition) is 1. The Labute approximate surface area is 159 Å². The molecule has 1 amide bonds. The summed E-state index contributed by atoms with van der Waals surface area (Å²) < 4.78 is 11.4. The van der Waals surface area contributed by atoms with Gasteiger partial charge in [-0.2, -0.15) is 0 Å². The Bertz CT molecular complexity index is 1030. The maximum atomic E-state index is 12.6. The van der Waals surface area contributed by atoms with Crippen molar-refractivity contribution in [3.63, 3.8) is 0 Å². The molecule has 4 nitrogen and oxygen atoms in total. The summed E-state index contributed by atoms with van der Waals surface area (Å²) in [6.07, 6.45) is 3.34. The minimum absolute atomic E-state index is 0.160. The van der Waals surface area contributed by atoms with Crippen molar-refractivity contribution in [1.29, 1.82) is 0 Å². The number of hydrogen-bond acceptors (Lipinski definition) is 3. The highest BCUT2D eigenvalue weighted by Gasteiger charge is 2.13. The van der Waals surface area contributed by atoms with Crippen molar-refractivity contribution in [2.75, 3.05) is 11.9 Å². The first-order valence-corrected chi connectivity index (χ1v) is 9.11. The van der Waals surface area contributed by atoms with Crippen LogP contribution in [0.4, 0.5) is 5.69 Å². The number of furan rings is 1. The molecule has 2 aromatic carbocycles. The molecule has 3 aromatic rings. The normalized spacial score (nSPS) is 11.7. The molecular formula is C23H25NO3. The molecule has 0 aliphatic heterocycles. The summed E-state index contributed by atoms with van der Waals surface area (Å²) in [6, 6.07) is 9.80. The van der Waals surface area contributed by atoms with Crippen LogP contribution in [0.2, 0.25) is 0 Å². The number of nitrogens with one attached hydrogen (secondary N) is 1. The van der Waals surface area contributed by atoms with E-state index in [4.69, 9.17) is 9.15 Å². The largest absolute Gasteiger partial charge is 0.493 e. The Kier molecular flexibility index (Phi) is 5.36. The number of allylic oxidation sites excluding steroid dienone is 1. The molecule has 0 radical (unpaired) electrons. The van der Waals surface area contributed by atoms with Crippen LogP contribution in [0.15, 0.2) is 47.1 Å². The number of aryl methyl sites for hydroxylation is 2. The molecule has 0 aliphatic carbocycles. The first-order valence-electron chi connectivity index (χ1n) is 9.11. The lowest BCUT2D eigenvalue weighted by Gasteiger charge is -2.12. The Balaban J connectivity index is 1.94. The fourth-order valence-corrected chi connectivity index (χ4v) is 3.09. The van der Waals surface area contributed by atoms with Crippen LogP contribution >= 0.6 is 0 Å². The fourth-order valence-electron chi connectivity index (χ4n) is 3.09. The highest BCUT2D eigenvalue weighted by Crippen LogP contribution is 2.33. The summed E-state index contributed by atoms with van der Waals surface area (Å²) >= 11 is 0. The van der Waals surface area contributed by atoms with Crippen LogP contribution in [0, 0.1) is 20.8 Å². The van der Waals surface area contributed by atoms with Gasteiger partial charge in [0.05, 0.1) is 12.9 Å². The van der Waals surface area contributed by atoms with E-state index in [1.165, 1.54) is 0 Å². The second kappa shape index (κ2) is 7.70. The van der Waals surface area contributed by atoms with E-state index in [0.29, 0.717) is 12.4 Å². The number of amides is 1. The zero-order chi connectivity index (χ0) is 19.6. The van der Waals surface area contributed by atoms with Gasteiger partial charge < -0.3 is 14.5 Å². The topological polar surface area (TPSA) is 51.5 Å². The van der Waals surface area contributed by atoms with Gasteiger partial charge in [-0.3, -0.25) is 4.79 Å². The maximum Gasteiger partial charge on any atom is 0.248 e. The minimum atomic E-state index is -0.160. The molecule has 1 N–H and O–H groups in total. The average Bonchev–Trinajstić information content (AvgIpc) is 2.98. The smallest absolute Gasteiger partial charge is 0.248 e. The van der Waals surface area contributed by atoms with Crippen molar-refractivity contribution in [2.24, 2.45) is 0 Å². The van der Waals surface area contributed by atoms with Gasteiger partial charge in [0, 0.05) is 28.8 Å². The predicted octanol–water partition coefficient (Wildman–Crippen LogP) is 5.80. The molecule has 0 bridgehead atoms. The Morgan fingerprint density at radius 3 is 2.70 bits per heavy atom. The summed E-state index contributed by atoms with van der Waals surface area (Å²) in [6.45, 7) is 10.4. The van der Waals surface area contributed by atoms with E-state index >= 15 is 0 Å². The van der Waals surface area contributed by atoms with Crippen molar-refractivity contribution in [3.05, 3.63) is 64.9 Å². The number of ether oxygens (including phenoxy) is 1. The summed E-state index contributed by atoms with van der Waals surface area (Å²) in [5.74, 6) is 0.556. The van der Waals surface area contributed by atoms with Crippen molar-refractivity contribution in [2.45, 2.75) is 34.6 Å². The van der Waals surface area contributed by atoms with E-state index < -0.39 is 0 Å². The quantitative estimate of drug-likeness (QED) is 0.583. The van der Waals surface area contributed by atoms with Crippen LogP contribution in [-0.2, 0) is 4.79 Å². The molecule has 0 aliphatic rings. The number of fused-ring (bicyclic) bond motifs is 1. The number of carbonyl (C=O) groups excluding carboxylic acids is 1. The molecule has 140 valence electrons. The highest BCUT2D eigenvalue weighted by atomic mass is 16.5. The van der Waals surface area contributed by atoms with Crippen molar-refractivity contribution in [3.8, 4) is 5.75 Å². The maximum absolute atomic E-state index is 12.6. The van der Waals surface area contributed by atoms with E-state index in [1.807, 2.05) is 65.0 Å². The zero-order valence-corrected chi connectivity index (χ0v) is 16.5. The molecular weight excluding hydrogens is 338 g/mol. The summed E-state index contributed by atoms with van der Waals surface area (Å²) in [5, 5.41) is 4.00. The van der Waals surface area contributed by atoms with E-state index in [9.17, 15) is 4.79 Å². The van der Waals surface area contributed by atoms with Crippen LogP contribution in [-0.4, -0.2) is 12.5 Å². The van der Waals surface area contributed by atoms with Crippen molar-refractivity contribution >= 4 is 28.1 Å². The zero-order valence-electron chi connectivity index (χ0n) is 16.5. The third-order valence-corrected chi connectivity index (χ3v) is 4.80. The number of carbonyl (C=O) groups is 1. The second-order valence-corrected chi connectivity index (χ2v) is 6.76. The fraction of sp³-hybridized carbons (Fsp3) is 0.261. The minimum Gasteiger partial charge on any atom is -0.493 e. The lowest BCUT2D eigenvalue weighted by Crippen LogP contribution is -2.10. The summed E-state index contributed by atoms with van der Waals surface area (Å²) in [7, 11) is 0. The van der Waals surface area contributed by atoms with Gasteiger partial charge in [-0.05, 0) is 69.0 Å². The van der Waals surface area contributed by atoms with Crippen LogP contribution in [0.5, 0.6) is 5.75 Å². The first kappa shape index (κ1) is 18.8. The molecule has 0 unspecified atom stereocenters. The molecule has 27 heavy (non-hydrogen) atoms. The monoisotopic (exact) mass is 363 g/mol. The molecule has 3 rings (SSSR count). The highest BCUT2D eigenvalue weighted by molar-refractivity contribution is 6.05. The molecule has 0 atom stereocenters. The van der Waals surface area contributed by atoms with Gasteiger partial charge in [-0.15, -0.1) is 0 Å². The first-order chi connectivity index (χ1) is 12.9. The van der Waals surface area contributed by atoms with Crippen LogP contribution in [0.25, 0.3) is 16.5 Å². The molecule has 0 saturated heterocycles. The second-order valence-electron chi connectivity index (χ2n) is 6.76. The van der Waals surface area contributed by atoms with E-state index in [-0.39, 0.29) is 5.91 Å². The van der Waals surface area contributed by atoms with Gasteiger partial charge in [0.25, 0.3) is 0 Å². The molecule has 4 heteroatoms. The molecule has 1 heterocycles. The number of benzene rings is 2. The average molecular weight is 363 g/mol. The van der Waals surface area contributed by atoms with Crippen molar-refractivity contribution < 1.29 is 13.9 Å². The van der Waals surface area contributed by atoms with Crippen LogP contribution in [0.1, 0.15) is 36.1 Å². The van der Waals surface area contributed by atoms with Crippen LogP contribution in [0.3, 0.4) is 0 Å². The van der Waals surface area contributed by atoms with Gasteiger partial charge in [0.15, 0.2) is 0 Å². The molecule has 0 spiro atoms. The SMILES string of the molecule is CCOc1cc2occ(C)c2cc1/C(C)=C/C(=O)Nc1cccc(C)c1C. The summed E-state index contributed by atoms with van der Waals surface area (Å²) in [5.41, 5.74) is 6.62. The molecule has 1 aromatic heterocycles. The van der Waals surface area contributed by atoms with Gasteiger partial charge in [-0.25, -0.2) is 0 Å². The van der Waals surface area contributed by atoms with Crippen LogP contribution < -0.4 is 10.1 Å².